The lowest BCUT2D eigenvalue weighted by Gasteiger charge is -2.14. The van der Waals surface area contributed by atoms with Crippen LogP contribution in [-0.4, -0.2) is 36.6 Å². The second kappa shape index (κ2) is 8.39. The zero-order chi connectivity index (χ0) is 20.4. The van der Waals surface area contributed by atoms with Crippen molar-refractivity contribution in [2.75, 3.05) is 12.4 Å². The Labute approximate surface area is 173 Å². The number of benzene rings is 2. The van der Waals surface area contributed by atoms with Gasteiger partial charge in [0.15, 0.2) is 5.16 Å². The van der Waals surface area contributed by atoms with Gasteiger partial charge in [0.05, 0.1) is 16.6 Å². The van der Waals surface area contributed by atoms with E-state index in [1.807, 2.05) is 60.7 Å². The normalized spacial score (nSPS) is 11.6. The van der Waals surface area contributed by atoms with E-state index in [0.29, 0.717) is 11.2 Å². The lowest BCUT2D eigenvalue weighted by molar-refractivity contribution is 0.284. The van der Waals surface area contributed by atoms with Crippen LogP contribution in [0.1, 0.15) is 30.4 Å². The first-order valence-corrected chi connectivity index (χ1v) is 10.8. The maximum absolute atomic E-state index is 13.4. The van der Waals surface area contributed by atoms with Gasteiger partial charge in [0, 0.05) is 12.4 Å². The topological polar surface area (TPSA) is 72.4 Å². The van der Waals surface area contributed by atoms with Gasteiger partial charge in [-0.3, -0.25) is 9.20 Å². The Hall–Kier alpha value is -2.64. The Bertz CT molecular complexity index is 1230. The van der Waals surface area contributed by atoms with Crippen molar-refractivity contribution in [1.82, 2.24) is 19.2 Å². The van der Waals surface area contributed by atoms with Crippen LogP contribution in [0, 0.1) is 13.8 Å². The molecule has 0 spiro atoms. The molecule has 0 bridgehead atoms. The van der Waals surface area contributed by atoms with E-state index in [-0.39, 0.29) is 12.2 Å². The fraction of sp³-hybridized carbons (Fsp3) is 0.318. The first-order chi connectivity index (χ1) is 14.1. The first-order valence-electron chi connectivity index (χ1n) is 9.82. The molecule has 4 aromatic rings. The molecule has 2 aromatic heterocycles. The van der Waals surface area contributed by atoms with Crippen molar-refractivity contribution < 1.29 is 5.11 Å². The average Bonchev–Trinajstić information content (AvgIpc) is 3.15. The van der Waals surface area contributed by atoms with E-state index in [1.54, 1.807) is 16.3 Å². The summed E-state index contributed by atoms with van der Waals surface area (Å²) in [5.74, 6) is 1.41. The highest BCUT2D eigenvalue weighted by Crippen LogP contribution is 2.25. The largest absolute Gasteiger partial charge is 0.396 e. The van der Waals surface area contributed by atoms with Gasteiger partial charge in [0.1, 0.15) is 0 Å². The predicted molar refractivity (Wildman–Crippen MR) is 117 cm³/mol. The number of hydrogen-bond acceptors (Lipinski definition) is 5. The Morgan fingerprint density at radius 1 is 1.00 bits per heavy atom. The third-order valence-corrected chi connectivity index (χ3v) is 6.26. The molecule has 7 heteroatoms. The number of rotatable bonds is 7. The van der Waals surface area contributed by atoms with Crippen LogP contribution in [0.3, 0.4) is 0 Å². The first kappa shape index (κ1) is 19.7. The number of para-hydroxylation sites is 1. The van der Waals surface area contributed by atoms with Crippen LogP contribution in [0.4, 0.5) is 0 Å². The number of aliphatic hydroxyl groups excluding tert-OH is 1. The quantitative estimate of drug-likeness (QED) is 0.371. The van der Waals surface area contributed by atoms with E-state index in [2.05, 4.69) is 10.2 Å². The van der Waals surface area contributed by atoms with E-state index in [9.17, 15) is 4.79 Å². The molecule has 0 aliphatic heterocycles. The second-order valence-electron chi connectivity index (χ2n) is 7.13. The van der Waals surface area contributed by atoms with Gasteiger partial charge in [-0.25, -0.2) is 4.57 Å². The highest BCUT2D eigenvalue weighted by atomic mass is 32.2. The molecule has 0 aliphatic carbocycles. The van der Waals surface area contributed by atoms with E-state index in [1.165, 1.54) is 0 Å². The summed E-state index contributed by atoms with van der Waals surface area (Å²) < 4.78 is 3.66. The number of thioether (sulfide) groups is 1. The van der Waals surface area contributed by atoms with Crippen molar-refractivity contribution in [2.24, 2.45) is 0 Å². The number of fused-ring (bicyclic) bond motifs is 3. The van der Waals surface area contributed by atoms with E-state index < -0.39 is 0 Å². The molecule has 150 valence electrons. The summed E-state index contributed by atoms with van der Waals surface area (Å²) in [6.45, 7) is 4.29. The number of hydrogen-bond donors (Lipinski definition) is 1. The maximum Gasteiger partial charge on any atom is 0.267 e. The Morgan fingerprint density at radius 3 is 2.66 bits per heavy atom. The fourth-order valence-electron chi connectivity index (χ4n) is 3.52. The zero-order valence-corrected chi connectivity index (χ0v) is 17.4. The maximum atomic E-state index is 13.4. The Morgan fingerprint density at radius 2 is 1.83 bits per heavy atom. The molecule has 0 amide bonds. The van der Waals surface area contributed by atoms with Gasteiger partial charge < -0.3 is 5.11 Å². The van der Waals surface area contributed by atoms with Crippen LogP contribution in [0.25, 0.3) is 22.4 Å². The van der Waals surface area contributed by atoms with Crippen LogP contribution in [0.5, 0.6) is 0 Å². The summed E-state index contributed by atoms with van der Waals surface area (Å²) in [6.07, 6.45) is 2.79. The molecule has 0 radical (unpaired) electrons. The van der Waals surface area contributed by atoms with Gasteiger partial charge >= 0.3 is 0 Å². The fourth-order valence-corrected chi connectivity index (χ4v) is 4.46. The minimum absolute atomic E-state index is 0.0892. The highest BCUT2D eigenvalue weighted by Gasteiger charge is 2.19. The number of nitrogens with zero attached hydrogens (tertiary/aromatic N) is 4. The Kier molecular flexibility index (Phi) is 5.69. The lowest BCUT2D eigenvalue weighted by atomic mass is 10.1. The van der Waals surface area contributed by atoms with Crippen LogP contribution in [0.2, 0.25) is 0 Å². The molecule has 0 atom stereocenters. The summed E-state index contributed by atoms with van der Waals surface area (Å²) >= 11 is 1.63. The second-order valence-corrected chi connectivity index (χ2v) is 8.19. The summed E-state index contributed by atoms with van der Waals surface area (Å²) in [5.41, 5.74) is 3.73. The summed E-state index contributed by atoms with van der Waals surface area (Å²) in [4.78, 5) is 13.4. The van der Waals surface area contributed by atoms with Crippen molar-refractivity contribution in [3.05, 3.63) is 63.9 Å². The van der Waals surface area contributed by atoms with Crippen molar-refractivity contribution in [2.45, 2.75) is 38.3 Å². The zero-order valence-electron chi connectivity index (χ0n) is 16.6. The third-order valence-electron chi connectivity index (χ3n) is 5.25. The van der Waals surface area contributed by atoms with E-state index in [4.69, 9.17) is 5.11 Å². The summed E-state index contributed by atoms with van der Waals surface area (Å²) in [5, 5.41) is 19.2. The average molecular weight is 409 g/mol. The van der Waals surface area contributed by atoms with Gasteiger partial charge in [0.2, 0.25) is 5.78 Å². The van der Waals surface area contributed by atoms with Crippen molar-refractivity contribution in [3.63, 3.8) is 0 Å². The molecule has 0 unspecified atom stereocenters. The van der Waals surface area contributed by atoms with Crippen LogP contribution in [0.15, 0.2) is 52.4 Å². The van der Waals surface area contributed by atoms with Crippen LogP contribution in [-0.2, 0) is 0 Å². The molecule has 2 heterocycles. The molecule has 2 aromatic carbocycles. The number of aryl methyl sites for hydroxylation is 1. The van der Waals surface area contributed by atoms with Gasteiger partial charge in [-0.05, 0) is 56.0 Å². The molecule has 6 nitrogen and oxygen atoms in total. The van der Waals surface area contributed by atoms with Gasteiger partial charge in [-0.2, -0.15) is 0 Å². The van der Waals surface area contributed by atoms with E-state index >= 15 is 0 Å². The number of aliphatic hydroxyl groups is 1. The van der Waals surface area contributed by atoms with Crippen molar-refractivity contribution in [3.8, 4) is 5.69 Å². The van der Waals surface area contributed by atoms with Crippen LogP contribution < -0.4 is 5.56 Å². The predicted octanol–water partition coefficient (Wildman–Crippen LogP) is 3.90. The van der Waals surface area contributed by atoms with Crippen LogP contribution >= 0.6 is 11.8 Å². The number of aromatic nitrogens is 4. The minimum atomic E-state index is -0.0892. The molecular weight excluding hydrogens is 384 g/mol. The highest BCUT2D eigenvalue weighted by molar-refractivity contribution is 7.99. The van der Waals surface area contributed by atoms with E-state index in [0.717, 1.165) is 52.5 Å². The molecule has 1 N–H and O–H groups in total. The smallest absolute Gasteiger partial charge is 0.267 e. The standard InChI is InChI=1S/C22H24N4O2S/c1-15-9-8-12-18(16(15)2)25-20(28)17-10-4-5-11-19(17)26-21(25)23-24-22(26)29-14-7-3-6-13-27/h4-5,8-12,27H,3,6-7,13-14H2,1-2H3. The Balaban J connectivity index is 1.91. The molecule has 0 saturated carbocycles. The number of unbranched alkanes of at least 4 members (excludes halogenated alkanes) is 2. The lowest BCUT2D eigenvalue weighted by Crippen LogP contribution is -2.22. The minimum Gasteiger partial charge on any atom is -0.396 e. The molecule has 0 aliphatic rings. The summed E-state index contributed by atoms with van der Waals surface area (Å²) in [6, 6.07) is 13.6. The molecule has 0 saturated heterocycles. The third kappa shape index (κ3) is 3.56. The monoisotopic (exact) mass is 408 g/mol. The van der Waals surface area contributed by atoms with Crippen molar-refractivity contribution in [1.29, 1.82) is 0 Å². The molecule has 29 heavy (non-hydrogen) atoms. The van der Waals surface area contributed by atoms with Crippen molar-refractivity contribution >= 4 is 28.4 Å². The molecule has 4 rings (SSSR count). The summed E-state index contributed by atoms with van der Waals surface area (Å²) in [7, 11) is 0. The SMILES string of the molecule is Cc1cccc(-n2c(=O)c3ccccc3n3c(SCCCCCO)nnc23)c1C. The van der Waals surface area contributed by atoms with Gasteiger partial charge in [-0.1, -0.05) is 42.4 Å². The van der Waals surface area contributed by atoms with Gasteiger partial charge in [0.25, 0.3) is 5.56 Å². The molecule has 0 fully saturated rings. The molecular formula is C22H24N4O2S. The van der Waals surface area contributed by atoms with Gasteiger partial charge in [-0.15, -0.1) is 10.2 Å².